The van der Waals surface area contributed by atoms with Crippen LogP contribution in [0.25, 0.3) is 11.0 Å². The zero-order valence-corrected chi connectivity index (χ0v) is 17.4. The zero-order valence-electron chi connectivity index (χ0n) is 17.4. The molecule has 0 radical (unpaired) electrons. The number of rotatable bonds is 4. The van der Waals surface area contributed by atoms with Crippen molar-refractivity contribution in [1.82, 2.24) is 9.80 Å². The highest BCUT2D eigenvalue weighted by molar-refractivity contribution is 5.87. The van der Waals surface area contributed by atoms with Gasteiger partial charge in [0.1, 0.15) is 5.58 Å². The summed E-state index contributed by atoms with van der Waals surface area (Å²) in [6.45, 7) is 3.22. The molecule has 3 fully saturated rings. The van der Waals surface area contributed by atoms with Crippen LogP contribution >= 0.6 is 0 Å². The van der Waals surface area contributed by atoms with Crippen LogP contribution in [0.5, 0.6) is 0 Å². The summed E-state index contributed by atoms with van der Waals surface area (Å²) in [6.07, 6.45) is 10.2. The van der Waals surface area contributed by atoms with Gasteiger partial charge in [-0.3, -0.25) is 9.69 Å². The van der Waals surface area contributed by atoms with E-state index in [1.165, 1.54) is 25.7 Å². The maximum atomic E-state index is 13.3. The molecular formula is C24H32N2O3. The minimum Gasteiger partial charge on any atom is -0.464 e. The molecule has 0 bridgehead atoms. The molecule has 5 rings (SSSR count). The molecule has 2 aliphatic heterocycles. The average molecular weight is 397 g/mol. The molecule has 0 N–H and O–H groups in total. The van der Waals surface area contributed by atoms with Gasteiger partial charge in [0.15, 0.2) is 0 Å². The van der Waals surface area contributed by atoms with Crippen molar-refractivity contribution in [2.75, 3.05) is 26.7 Å². The summed E-state index contributed by atoms with van der Waals surface area (Å²) >= 11 is 0. The van der Waals surface area contributed by atoms with Gasteiger partial charge in [-0.1, -0.05) is 12.1 Å². The highest BCUT2D eigenvalue weighted by atomic mass is 16.5. The second-order valence-corrected chi connectivity index (χ2v) is 9.19. The van der Waals surface area contributed by atoms with Crippen LogP contribution in [0.4, 0.5) is 0 Å². The standard InChI is InChI=1S/C24H32N2O3/c1-25(23(27)16-18-6-4-7-22-19(18)9-15-28-22)20-8-11-24(10-5-14-29-24)17-21(20)26-12-2-3-13-26/h4,6-7,9,15,20-21H,2-3,5,8,10-14,16-17H2,1H3/t20-,21-,24?/m1/s1. The van der Waals surface area contributed by atoms with E-state index < -0.39 is 0 Å². The molecule has 1 saturated carbocycles. The van der Waals surface area contributed by atoms with Crippen LogP contribution in [0, 0.1) is 0 Å². The lowest BCUT2D eigenvalue weighted by molar-refractivity contribution is -0.136. The van der Waals surface area contributed by atoms with Crippen molar-refractivity contribution in [3.05, 3.63) is 36.1 Å². The summed E-state index contributed by atoms with van der Waals surface area (Å²) in [4.78, 5) is 18.0. The summed E-state index contributed by atoms with van der Waals surface area (Å²) in [7, 11) is 2.01. The summed E-state index contributed by atoms with van der Waals surface area (Å²) in [5, 5.41) is 1.05. The first-order valence-corrected chi connectivity index (χ1v) is 11.2. The summed E-state index contributed by atoms with van der Waals surface area (Å²) in [5.74, 6) is 0.205. The third-order valence-corrected chi connectivity index (χ3v) is 7.53. The molecule has 3 atom stereocenters. The van der Waals surface area contributed by atoms with Gasteiger partial charge < -0.3 is 14.1 Å². The Labute approximate surface area is 173 Å². The Morgan fingerprint density at radius 3 is 2.86 bits per heavy atom. The van der Waals surface area contributed by atoms with Gasteiger partial charge in [-0.25, -0.2) is 0 Å². The Bertz CT molecular complexity index is 864. The first-order chi connectivity index (χ1) is 14.2. The average Bonchev–Trinajstić information content (AvgIpc) is 3.49. The minimum absolute atomic E-state index is 0.0655. The van der Waals surface area contributed by atoms with Gasteiger partial charge >= 0.3 is 0 Å². The topological polar surface area (TPSA) is 45.9 Å². The molecule has 1 aliphatic carbocycles. The second kappa shape index (κ2) is 7.77. The van der Waals surface area contributed by atoms with E-state index in [0.717, 1.165) is 55.5 Å². The number of ether oxygens (including phenoxy) is 1. The molecule has 1 aromatic heterocycles. The highest BCUT2D eigenvalue weighted by Crippen LogP contribution is 2.43. The molecule has 156 valence electrons. The molecule has 3 heterocycles. The molecule has 2 aromatic rings. The number of carbonyl (C=O) groups excluding carboxylic acids is 1. The Morgan fingerprint density at radius 1 is 1.21 bits per heavy atom. The van der Waals surface area contributed by atoms with Crippen molar-refractivity contribution in [2.24, 2.45) is 0 Å². The molecule has 2 saturated heterocycles. The second-order valence-electron chi connectivity index (χ2n) is 9.19. The molecular weight excluding hydrogens is 364 g/mol. The van der Waals surface area contributed by atoms with E-state index >= 15 is 0 Å². The molecule has 29 heavy (non-hydrogen) atoms. The van der Waals surface area contributed by atoms with Crippen molar-refractivity contribution >= 4 is 16.9 Å². The fraction of sp³-hybridized carbons (Fsp3) is 0.625. The van der Waals surface area contributed by atoms with Gasteiger partial charge in [-0.05, 0) is 75.7 Å². The van der Waals surface area contributed by atoms with Crippen molar-refractivity contribution in [3.63, 3.8) is 0 Å². The lowest BCUT2D eigenvalue weighted by Gasteiger charge is -2.48. The molecule has 3 aliphatic rings. The lowest BCUT2D eigenvalue weighted by atomic mass is 9.76. The molecule has 5 nitrogen and oxygen atoms in total. The number of hydrogen-bond donors (Lipinski definition) is 0. The van der Waals surface area contributed by atoms with Crippen molar-refractivity contribution in [2.45, 2.75) is 69.1 Å². The van der Waals surface area contributed by atoms with Gasteiger partial charge in [-0.2, -0.15) is 0 Å². The third kappa shape index (κ3) is 3.59. The zero-order chi connectivity index (χ0) is 19.8. The van der Waals surface area contributed by atoms with Crippen LogP contribution in [0.15, 0.2) is 34.9 Å². The number of likely N-dealkylation sites (tertiary alicyclic amines) is 1. The van der Waals surface area contributed by atoms with Crippen LogP contribution in [0.3, 0.4) is 0 Å². The Kier molecular flexibility index (Phi) is 5.12. The molecule has 1 spiro atoms. The fourth-order valence-electron chi connectivity index (χ4n) is 5.92. The molecule has 1 amide bonds. The normalized spacial score (nSPS) is 30.4. The maximum Gasteiger partial charge on any atom is 0.227 e. The fourth-order valence-corrected chi connectivity index (χ4v) is 5.92. The highest BCUT2D eigenvalue weighted by Gasteiger charge is 2.47. The third-order valence-electron chi connectivity index (χ3n) is 7.53. The summed E-state index contributed by atoms with van der Waals surface area (Å²) < 4.78 is 11.8. The minimum atomic E-state index is 0.0655. The Morgan fingerprint density at radius 2 is 2.07 bits per heavy atom. The predicted molar refractivity (Wildman–Crippen MR) is 113 cm³/mol. The molecule has 1 aromatic carbocycles. The first-order valence-electron chi connectivity index (χ1n) is 11.2. The smallest absolute Gasteiger partial charge is 0.227 e. The van der Waals surface area contributed by atoms with Crippen LogP contribution in [-0.2, 0) is 16.0 Å². The lowest BCUT2D eigenvalue weighted by Crippen LogP contribution is -2.58. The van der Waals surface area contributed by atoms with E-state index in [1.807, 2.05) is 36.2 Å². The van der Waals surface area contributed by atoms with E-state index in [4.69, 9.17) is 9.15 Å². The number of carbonyl (C=O) groups is 1. The van der Waals surface area contributed by atoms with Gasteiger partial charge in [0.2, 0.25) is 5.91 Å². The van der Waals surface area contributed by atoms with Gasteiger partial charge in [-0.15, -0.1) is 0 Å². The number of amides is 1. The first kappa shape index (κ1) is 19.1. The van der Waals surface area contributed by atoms with Crippen molar-refractivity contribution < 1.29 is 13.9 Å². The van der Waals surface area contributed by atoms with Gasteiger partial charge in [0, 0.05) is 31.1 Å². The van der Waals surface area contributed by atoms with Crippen LogP contribution < -0.4 is 0 Å². The van der Waals surface area contributed by atoms with Crippen molar-refractivity contribution in [1.29, 1.82) is 0 Å². The van der Waals surface area contributed by atoms with E-state index in [2.05, 4.69) is 4.90 Å². The van der Waals surface area contributed by atoms with Gasteiger partial charge in [0.25, 0.3) is 0 Å². The van der Waals surface area contributed by atoms with E-state index in [-0.39, 0.29) is 17.6 Å². The quantitative estimate of drug-likeness (QED) is 0.784. The van der Waals surface area contributed by atoms with Crippen LogP contribution in [0.1, 0.15) is 50.5 Å². The van der Waals surface area contributed by atoms with Gasteiger partial charge in [0.05, 0.1) is 18.3 Å². The largest absolute Gasteiger partial charge is 0.464 e. The molecule has 1 unspecified atom stereocenters. The SMILES string of the molecule is CN(C(=O)Cc1cccc2occc12)[C@@H]1CCC2(CCCO2)C[C@H]1N1CCCC1. The number of furan rings is 1. The Balaban J connectivity index is 1.34. The Hall–Kier alpha value is -1.85. The van der Waals surface area contributed by atoms with E-state index in [0.29, 0.717) is 12.5 Å². The number of hydrogen-bond acceptors (Lipinski definition) is 4. The van der Waals surface area contributed by atoms with E-state index in [1.54, 1.807) is 6.26 Å². The number of benzene rings is 1. The van der Waals surface area contributed by atoms with Crippen LogP contribution in [0.2, 0.25) is 0 Å². The number of likely N-dealkylation sites (N-methyl/N-ethyl adjacent to an activating group) is 1. The van der Waals surface area contributed by atoms with Crippen LogP contribution in [-0.4, -0.2) is 60.1 Å². The maximum absolute atomic E-state index is 13.3. The monoisotopic (exact) mass is 396 g/mol. The predicted octanol–water partition coefficient (Wildman–Crippen LogP) is 4.00. The summed E-state index contributed by atoms with van der Waals surface area (Å²) in [5.41, 5.74) is 1.97. The molecule has 5 heteroatoms. The van der Waals surface area contributed by atoms with Crippen molar-refractivity contribution in [3.8, 4) is 0 Å². The number of nitrogens with zero attached hydrogens (tertiary/aromatic N) is 2. The summed E-state index contributed by atoms with van der Waals surface area (Å²) in [6, 6.07) is 8.64. The number of fused-ring (bicyclic) bond motifs is 1. The van der Waals surface area contributed by atoms with E-state index in [9.17, 15) is 4.79 Å².